The number of benzene rings is 3. The van der Waals surface area contributed by atoms with Gasteiger partial charge in [0.15, 0.2) is 0 Å². The van der Waals surface area contributed by atoms with E-state index in [0.717, 1.165) is 80.1 Å². The van der Waals surface area contributed by atoms with E-state index in [0.29, 0.717) is 29.4 Å². The highest BCUT2D eigenvalue weighted by atomic mass is 19.1. The van der Waals surface area contributed by atoms with Crippen molar-refractivity contribution in [2.24, 2.45) is 5.92 Å². The molecule has 1 aromatic heterocycles. The predicted octanol–water partition coefficient (Wildman–Crippen LogP) is 7.96. The van der Waals surface area contributed by atoms with Gasteiger partial charge in [-0.3, -0.25) is 9.36 Å². The van der Waals surface area contributed by atoms with Gasteiger partial charge in [0.2, 0.25) is 0 Å². The summed E-state index contributed by atoms with van der Waals surface area (Å²) >= 11 is 0. The van der Waals surface area contributed by atoms with E-state index in [2.05, 4.69) is 49.6 Å². The Balaban J connectivity index is 1.61. The zero-order valence-corrected chi connectivity index (χ0v) is 24.9. The molecule has 1 fully saturated rings. The average molecular weight is 555 g/mol. The van der Waals surface area contributed by atoms with Gasteiger partial charge in [-0.05, 0) is 101 Å². The number of hydrogen-bond donors (Lipinski definition) is 0. The molecule has 0 spiro atoms. The van der Waals surface area contributed by atoms with Crippen molar-refractivity contribution in [3.63, 3.8) is 0 Å². The van der Waals surface area contributed by atoms with E-state index < -0.39 is 0 Å². The van der Waals surface area contributed by atoms with Crippen LogP contribution in [0.2, 0.25) is 0 Å². The number of fused-ring (bicyclic) bond motifs is 1. The molecule has 5 nitrogen and oxygen atoms in total. The zero-order valence-electron chi connectivity index (χ0n) is 24.9. The first-order valence-corrected chi connectivity index (χ1v) is 15.2. The molecule has 1 saturated heterocycles. The van der Waals surface area contributed by atoms with Gasteiger partial charge in [0.05, 0.1) is 10.9 Å². The molecule has 1 aliphatic rings. The number of aromatic nitrogens is 2. The Labute approximate surface area is 243 Å². The summed E-state index contributed by atoms with van der Waals surface area (Å²) < 4.78 is 15.7. The number of aryl methyl sites for hydroxylation is 1. The first kappa shape index (κ1) is 29.0. The molecule has 0 radical (unpaired) electrons. The van der Waals surface area contributed by atoms with Gasteiger partial charge in [0.1, 0.15) is 11.6 Å². The van der Waals surface area contributed by atoms with Crippen molar-refractivity contribution in [2.75, 3.05) is 24.5 Å². The van der Waals surface area contributed by atoms with Gasteiger partial charge < -0.3 is 9.80 Å². The summed E-state index contributed by atoms with van der Waals surface area (Å²) in [5, 5.41) is 0.624. The lowest BCUT2D eigenvalue weighted by atomic mass is 9.96. The van der Waals surface area contributed by atoms with E-state index >= 15 is 0 Å². The Morgan fingerprint density at radius 2 is 1.78 bits per heavy atom. The second-order valence-electron chi connectivity index (χ2n) is 11.8. The fourth-order valence-electron chi connectivity index (χ4n) is 6.10. The average Bonchev–Trinajstić information content (AvgIpc) is 2.98. The molecule has 1 unspecified atom stereocenters. The summed E-state index contributed by atoms with van der Waals surface area (Å²) in [6.07, 6.45) is 5.48. The standard InChI is InChI=1S/C35H43FN4O/c1-5-6-9-21-39(29-16-14-28(36)15-17-29)30-18-19-33-32(22-30)35(41)40(24-27-12-10-20-38(23-27)25(2)3)34(37-33)31-13-8-7-11-26(31)4/h7-8,11,13-19,22,25,27H,5-6,9-10,12,20-21,23-24H2,1-4H3. The fraction of sp³-hybridized carbons (Fsp3) is 0.429. The molecule has 3 aromatic carbocycles. The van der Waals surface area contributed by atoms with Crippen molar-refractivity contribution in [1.82, 2.24) is 14.5 Å². The molecule has 0 N–H and O–H groups in total. The maximum Gasteiger partial charge on any atom is 0.261 e. The van der Waals surface area contributed by atoms with Gasteiger partial charge in [0.25, 0.3) is 5.56 Å². The minimum absolute atomic E-state index is 0.00406. The normalized spacial score (nSPS) is 16.0. The summed E-state index contributed by atoms with van der Waals surface area (Å²) in [6.45, 7) is 12.3. The Morgan fingerprint density at radius 1 is 1.02 bits per heavy atom. The summed E-state index contributed by atoms with van der Waals surface area (Å²) in [6, 6.07) is 21.3. The van der Waals surface area contributed by atoms with Crippen LogP contribution in [0.1, 0.15) is 58.4 Å². The largest absolute Gasteiger partial charge is 0.341 e. The second kappa shape index (κ2) is 13.0. The molecule has 2 heterocycles. The van der Waals surface area contributed by atoms with Crippen LogP contribution in [0, 0.1) is 18.7 Å². The van der Waals surface area contributed by atoms with E-state index in [1.54, 1.807) is 0 Å². The van der Waals surface area contributed by atoms with Gasteiger partial charge in [0, 0.05) is 42.6 Å². The molecule has 0 amide bonds. The minimum atomic E-state index is -0.254. The van der Waals surface area contributed by atoms with Crippen LogP contribution in [0.5, 0.6) is 0 Å². The third-order valence-corrected chi connectivity index (χ3v) is 8.48. The van der Waals surface area contributed by atoms with Crippen molar-refractivity contribution in [3.8, 4) is 11.4 Å². The molecule has 6 heteroatoms. The highest BCUT2D eigenvalue weighted by molar-refractivity contribution is 5.85. The lowest BCUT2D eigenvalue weighted by Gasteiger charge is -2.36. The number of piperidine rings is 1. The van der Waals surface area contributed by atoms with Crippen molar-refractivity contribution in [1.29, 1.82) is 0 Å². The van der Waals surface area contributed by atoms with E-state index in [1.165, 1.54) is 12.1 Å². The molecule has 1 aliphatic heterocycles. The van der Waals surface area contributed by atoms with Crippen LogP contribution >= 0.6 is 0 Å². The number of likely N-dealkylation sites (tertiary alicyclic amines) is 1. The second-order valence-corrected chi connectivity index (χ2v) is 11.8. The number of nitrogens with zero attached hydrogens (tertiary/aromatic N) is 4. The smallest absolute Gasteiger partial charge is 0.261 e. The third-order valence-electron chi connectivity index (χ3n) is 8.48. The third kappa shape index (κ3) is 6.54. The first-order chi connectivity index (χ1) is 19.9. The van der Waals surface area contributed by atoms with E-state index in [9.17, 15) is 9.18 Å². The van der Waals surface area contributed by atoms with Crippen LogP contribution in [-0.4, -0.2) is 40.1 Å². The monoisotopic (exact) mass is 554 g/mol. The van der Waals surface area contributed by atoms with Crippen LogP contribution in [0.3, 0.4) is 0 Å². The maximum atomic E-state index is 14.4. The molecule has 0 saturated carbocycles. The van der Waals surface area contributed by atoms with Crippen molar-refractivity contribution in [3.05, 3.63) is 88.5 Å². The number of hydrogen-bond acceptors (Lipinski definition) is 4. The molecular formula is C35H43FN4O. The maximum absolute atomic E-state index is 14.4. The molecule has 4 aromatic rings. The minimum Gasteiger partial charge on any atom is -0.341 e. The van der Waals surface area contributed by atoms with Gasteiger partial charge >= 0.3 is 0 Å². The quantitative estimate of drug-likeness (QED) is 0.187. The summed E-state index contributed by atoms with van der Waals surface area (Å²) in [5.74, 6) is 0.877. The lowest BCUT2D eigenvalue weighted by molar-refractivity contribution is 0.130. The van der Waals surface area contributed by atoms with E-state index in [-0.39, 0.29) is 11.4 Å². The molecule has 41 heavy (non-hydrogen) atoms. The van der Waals surface area contributed by atoms with E-state index in [4.69, 9.17) is 4.98 Å². The molecule has 216 valence electrons. The van der Waals surface area contributed by atoms with Gasteiger partial charge in [-0.15, -0.1) is 0 Å². The summed E-state index contributed by atoms with van der Waals surface area (Å²) in [5.41, 5.74) is 4.66. The first-order valence-electron chi connectivity index (χ1n) is 15.2. The predicted molar refractivity (Wildman–Crippen MR) is 169 cm³/mol. The molecule has 0 aliphatic carbocycles. The van der Waals surface area contributed by atoms with Crippen molar-refractivity contribution in [2.45, 2.75) is 72.4 Å². The fourth-order valence-corrected chi connectivity index (χ4v) is 6.10. The Morgan fingerprint density at radius 3 is 2.51 bits per heavy atom. The molecule has 0 bridgehead atoms. The van der Waals surface area contributed by atoms with E-state index in [1.807, 2.05) is 47.0 Å². The van der Waals surface area contributed by atoms with Gasteiger partial charge in [-0.2, -0.15) is 0 Å². The number of halogens is 1. The Kier molecular flexibility index (Phi) is 9.19. The Hall–Kier alpha value is -3.51. The van der Waals surface area contributed by atoms with Crippen molar-refractivity contribution >= 4 is 22.3 Å². The number of anilines is 2. The zero-order chi connectivity index (χ0) is 28.9. The van der Waals surface area contributed by atoms with Crippen LogP contribution < -0.4 is 10.5 Å². The highest BCUT2D eigenvalue weighted by Gasteiger charge is 2.25. The summed E-state index contributed by atoms with van der Waals surface area (Å²) in [7, 11) is 0. The van der Waals surface area contributed by atoms with Gasteiger partial charge in [-0.25, -0.2) is 9.37 Å². The molecule has 5 rings (SSSR count). The topological polar surface area (TPSA) is 41.4 Å². The number of rotatable bonds is 10. The Bertz CT molecular complexity index is 1530. The summed E-state index contributed by atoms with van der Waals surface area (Å²) in [4.78, 5) is 24.2. The highest BCUT2D eigenvalue weighted by Crippen LogP contribution is 2.30. The van der Waals surface area contributed by atoms with Crippen LogP contribution in [0.15, 0.2) is 71.5 Å². The van der Waals surface area contributed by atoms with Crippen molar-refractivity contribution < 1.29 is 4.39 Å². The molecule has 1 atom stereocenters. The lowest BCUT2D eigenvalue weighted by Crippen LogP contribution is -2.42. The van der Waals surface area contributed by atoms with Crippen LogP contribution in [0.25, 0.3) is 22.3 Å². The van der Waals surface area contributed by atoms with Crippen LogP contribution in [-0.2, 0) is 6.54 Å². The SMILES string of the molecule is CCCCCN(c1ccc(F)cc1)c1ccc2nc(-c3ccccc3C)n(CC3CCCN(C(C)C)C3)c(=O)c2c1. The van der Waals surface area contributed by atoms with Gasteiger partial charge in [-0.1, -0.05) is 44.0 Å². The van der Waals surface area contributed by atoms with Crippen LogP contribution in [0.4, 0.5) is 15.8 Å². The molecular weight excluding hydrogens is 511 g/mol. The number of unbranched alkanes of at least 4 members (excludes halogenated alkanes) is 2.